The Morgan fingerprint density at radius 2 is 1.88 bits per heavy atom. The van der Waals surface area contributed by atoms with E-state index in [-0.39, 0.29) is 11.0 Å². The Hall–Kier alpha value is -1.92. The van der Waals surface area contributed by atoms with Crippen LogP contribution in [0.15, 0.2) is 40.9 Å². The zero-order chi connectivity index (χ0) is 17.7. The third-order valence-electron chi connectivity index (χ3n) is 3.43. The van der Waals surface area contributed by atoms with Gasteiger partial charge in [0.05, 0.1) is 12.2 Å². The van der Waals surface area contributed by atoms with Gasteiger partial charge < -0.3 is 10.1 Å². The van der Waals surface area contributed by atoms with Crippen LogP contribution in [0, 0.1) is 13.8 Å². The molecule has 0 atom stereocenters. The smallest absolute Gasteiger partial charge is 0.261 e. The molecule has 1 amide bonds. The highest BCUT2D eigenvalue weighted by Crippen LogP contribution is 2.23. The van der Waals surface area contributed by atoms with E-state index in [0.29, 0.717) is 17.9 Å². The summed E-state index contributed by atoms with van der Waals surface area (Å²) in [5, 5.41) is 6.05. The minimum absolute atomic E-state index is 0.250. The molecule has 4 nitrogen and oxygen atoms in total. The number of carbonyl (C=O) groups is 1. The second-order valence-electron chi connectivity index (χ2n) is 5.25. The first-order valence-electron chi connectivity index (χ1n) is 7.53. The van der Waals surface area contributed by atoms with Crippen LogP contribution in [0.4, 0.5) is 5.69 Å². The molecule has 0 aliphatic heterocycles. The van der Waals surface area contributed by atoms with Gasteiger partial charge in [0, 0.05) is 10.2 Å². The number of hydrogen-bond donors (Lipinski definition) is 2. The van der Waals surface area contributed by atoms with E-state index in [1.54, 1.807) is 12.1 Å². The SMILES string of the molecule is CCOc1ccc(Br)cc1C(=O)NC(=S)Nc1c(C)cccc1C. The number of benzene rings is 2. The molecular weight excluding hydrogens is 388 g/mol. The number of anilines is 1. The zero-order valence-electron chi connectivity index (χ0n) is 13.8. The lowest BCUT2D eigenvalue weighted by Crippen LogP contribution is -2.34. The number of amides is 1. The predicted molar refractivity (Wildman–Crippen MR) is 105 cm³/mol. The van der Waals surface area contributed by atoms with Crippen LogP contribution in [-0.2, 0) is 0 Å². The van der Waals surface area contributed by atoms with Crippen LogP contribution in [0.5, 0.6) is 5.75 Å². The average Bonchev–Trinajstić information content (AvgIpc) is 2.53. The summed E-state index contributed by atoms with van der Waals surface area (Å²) in [6.07, 6.45) is 0. The molecule has 0 unspecified atom stereocenters. The molecule has 0 spiro atoms. The van der Waals surface area contributed by atoms with Crippen molar-refractivity contribution in [3.05, 3.63) is 57.6 Å². The number of rotatable bonds is 4. The molecule has 24 heavy (non-hydrogen) atoms. The number of hydrogen-bond acceptors (Lipinski definition) is 3. The monoisotopic (exact) mass is 406 g/mol. The number of halogens is 1. The average molecular weight is 407 g/mol. The predicted octanol–water partition coefficient (Wildman–Crippen LogP) is 4.59. The maximum Gasteiger partial charge on any atom is 0.261 e. The first-order valence-corrected chi connectivity index (χ1v) is 8.73. The van der Waals surface area contributed by atoms with Gasteiger partial charge >= 0.3 is 0 Å². The molecule has 0 bridgehead atoms. The highest BCUT2D eigenvalue weighted by molar-refractivity contribution is 9.10. The van der Waals surface area contributed by atoms with Crippen molar-refractivity contribution in [3.63, 3.8) is 0 Å². The normalized spacial score (nSPS) is 10.2. The van der Waals surface area contributed by atoms with E-state index in [2.05, 4.69) is 26.6 Å². The largest absolute Gasteiger partial charge is 0.493 e. The van der Waals surface area contributed by atoms with Crippen molar-refractivity contribution in [2.45, 2.75) is 20.8 Å². The first kappa shape index (κ1) is 18.4. The van der Waals surface area contributed by atoms with Crippen molar-refractivity contribution in [3.8, 4) is 5.75 Å². The molecule has 0 fully saturated rings. The number of ether oxygens (including phenoxy) is 1. The summed E-state index contributed by atoms with van der Waals surface area (Å²) in [6, 6.07) is 11.2. The first-order chi connectivity index (χ1) is 11.4. The molecule has 2 aromatic rings. The van der Waals surface area contributed by atoms with Gasteiger partial charge in [-0.15, -0.1) is 0 Å². The minimum Gasteiger partial charge on any atom is -0.493 e. The fraction of sp³-hybridized carbons (Fsp3) is 0.222. The topological polar surface area (TPSA) is 50.4 Å². The maximum atomic E-state index is 12.5. The van der Waals surface area contributed by atoms with Gasteiger partial charge in [0.2, 0.25) is 0 Å². The lowest BCUT2D eigenvalue weighted by Gasteiger charge is -2.15. The van der Waals surface area contributed by atoms with E-state index in [1.807, 2.05) is 45.0 Å². The third-order valence-corrected chi connectivity index (χ3v) is 4.13. The molecule has 0 radical (unpaired) electrons. The van der Waals surface area contributed by atoms with Crippen molar-refractivity contribution in [1.82, 2.24) is 5.32 Å². The third kappa shape index (κ3) is 4.55. The molecule has 2 aromatic carbocycles. The second-order valence-corrected chi connectivity index (χ2v) is 6.57. The van der Waals surface area contributed by atoms with E-state index >= 15 is 0 Å². The molecule has 0 aromatic heterocycles. The van der Waals surface area contributed by atoms with Gasteiger partial charge in [0.1, 0.15) is 5.75 Å². The fourth-order valence-electron chi connectivity index (χ4n) is 2.29. The van der Waals surface area contributed by atoms with Gasteiger partial charge in [0.25, 0.3) is 5.91 Å². The van der Waals surface area contributed by atoms with Crippen molar-refractivity contribution in [2.75, 3.05) is 11.9 Å². The highest BCUT2D eigenvalue weighted by Gasteiger charge is 2.15. The molecule has 2 rings (SSSR count). The molecular formula is C18H19BrN2O2S. The molecule has 0 saturated heterocycles. The quantitative estimate of drug-likeness (QED) is 0.728. The van der Waals surface area contributed by atoms with Crippen molar-refractivity contribution in [2.24, 2.45) is 0 Å². The highest BCUT2D eigenvalue weighted by atomic mass is 79.9. The minimum atomic E-state index is -0.316. The maximum absolute atomic E-state index is 12.5. The number of thiocarbonyl (C=S) groups is 1. The van der Waals surface area contributed by atoms with Crippen LogP contribution in [-0.4, -0.2) is 17.6 Å². The van der Waals surface area contributed by atoms with Gasteiger partial charge in [-0.05, 0) is 62.3 Å². The van der Waals surface area contributed by atoms with E-state index in [9.17, 15) is 4.79 Å². The van der Waals surface area contributed by atoms with Crippen LogP contribution >= 0.6 is 28.1 Å². The van der Waals surface area contributed by atoms with Crippen LogP contribution in [0.25, 0.3) is 0 Å². The number of nitrogens with one attached hydrogen (secondary N) is 2. The summed E-state index contributed by atoms with van der Waals surface area (Å²) in [5.74, 6) is 0.205. The Balaban J connectivity index is 2.15. The molecule has 6 heteroatoms. The Kier molecular flexibility index (Phi) is 6.34. The summed E-state index contributed by atoms with van der Waals surface area (Å²) in [6.45, 7) is 6.33. The molecule has 0 saturated carbocycles. The summed E-state index contributed by atoms with van der Waals surface area (Å²) in [4.78, 5) is 12.5. The van der Waals surface area contributed by atoms with Crippen molar-refractivity contribution < 1.29 is 9.53 Å². The number of carbonyl (C=O) groups excluding carboxylic acids is 1. The zero-order valence-corrected chi connectivity index (χ0v) is 16.2. The van der Waals surface area contributed by atoms with Gasteiger partial charge in [-0.3, -0.25) is 10.1 Å². The summed E-state index contributed by atoms with van der Waals surface area (Å²) in [5.41, 5.74) is 3.45. The lowest BCUT2D eigenvalue weighted by atomic mass is 10.1. The van der Waals surface area contributed by atoms with E-state index in [1.165, 1.54) is 0 Å². The summed E-state index contributed by atoms with van der Waals surface area (Å²) >= 11 is 8.65. The Morgan fingerprint density at radius 1 is 1.21 bits per heavy atom. The number of aryl methyl sites for hydroxylation is 2. The van der Waals surface area contributed by atoms with Crippen molar-refractivity contribution in [1.29, 1.82) is 0 Å². The van der Waals surface area contributed by atoms with Crippen molar-refractivity contribution >= 4 is 44.9 Å². The van der Waals surface area contributed by atoms with Crippen LogP contribution < -0.4 is 15.4 Å². The Morgan fingerprint density at radius 3 is 2.50 bits per heavy atom. The van der Waals surface area contributed by atoms with E-state index in [0.717, 1.165) is 21.3 Å². The molecule has 0 heterocycles. The fourth-order valence-corrected chi connectivity index (χ4v) is 2.84. The Labute approximate surface area is 155 Å². The molecule has 2 N–H and O–H groups in total. The molecule has 126 valence electrons. The van der Waals surface area contributed by atoms with Gasteiger partial charge in [-0.1, -0.05) is 34.1 Å². The second kappa shape index (κ2) is 8.26. The van der Waals surface area contributed by atoms with E-state index < -0.39 is 0 Å². The summed E-state index contributed by atoms with van der Waals surface area (Å²) < 4.78 is 6.30. The van der Waals surface area contributed by atoms with Crippen LogP contribution in [0.1, 0.15) is 28.4 Å². The number of para-hydroxylation sites is 1. The molecule has 0 aliphatic carbocycles. The summed E-state index contributed by atoms with van der Waals surface area (Å²) in [7, 11) is 0. The van der Waals surface area contributed by atoms with Crippen LogP contribution in [0.2, 0.25) is 0 Å². The van der Waals surface area contributed by atoms with Crippen LogP contribution in [0.3, 0.4) is 0 Å². The standard InChI is InChI=1S/C18H19BrN2O2S/c1-4-23-15-9-8-13(19)10-14(15)17(22)21-18(24)20-16-11(2)6-5-7-12(16)3/h5-10H,4H2,1-3H3,(H2,20,21,22,24). The molecule has 0 aliphatic rings. The Bertz CT molecular complexity index is 757. The van der Waals surface area contributed by atoms with Gasteiger partial charge in [-0.25, -0.2) is 0 Å². The van der Waals surface area contributed by atoms with E-state index in [4.69, 9.17) is 17.0 Å². The van der Waals surface area contributed by atoms with Gasteiger partial charge in [0.15, 0.2) is 5.11 Å². The van der Waals surface area contributed by atoms with Gasteiger partial charge in [-0.2, -0.15) is 0 Å². The lowest BCUT2D eigenvalue weighted by molar-refractivity contribution is 0.0974.